The van der Waals surface area contributed by atoms with Crippen LogP contribution in [0.5, 0.6) is 6.01 Å². The van der Waals surface area contributed by atoms with Gasteiger partial charge in [0.25, 0.3) is 0 Å². The monoisotopic (exact) mass is 274 g/mol. The second kappa shape index (κ2) is 7.22. The molecule has 20 heavy (non-hydrogen) atoms. The summed E-state index contributed by atoms with van der Waals surface area (Å²) in [6, 6.07) is 6.06. The fourth-order valence-corrected chi connectivity index (χ4v) is 1.48. The first kappa shape index (κ1) is 14.0. The van der Waals surface area contributed by atoms with Gasteiger partial charge in [-0.3, -0.25) is 4.98 Å². The lowest BCUT2D eigenvalue weighted by molar-refractivity contribution is 0.292. The lowest BCUT2D eigenvalue weighted by atomic mass is 10.3. The quantitative estimate of drug-likeness (QED) is 0.795. The molecule has 2 heterocycles. The predicted molar refractivity (Wildman–Crippen MR) is 76.7 cm³/mol. The van der Waals surface area contributed by atoms with Gasteiger partial charge in [-0.1, -0.05) is 13.0 Å². The number of pyridine rings is 1. The SMILES string of the molecule is CCCOc1nc(NC)nc(NCc2ccccn2)n1. The molecule has 2 N–H and O–H groups in total. The summed E-state index contributed by atoms with van der Waals surface area (Å²) in [4.78, 5) is 16.8. The summed E-state index contributed by atoms with van der Waals surface area (Å²) < 4.78 is 5.43. The van der Waals surface area contributed by atoms with Gasteiger partial charge in [-0.2, -0.15) is 15.0 Å². The first-order valence-corrected chi connectivity index (χ1v) is 6.52. The fraction of sp³-hybridized carbons (Fsp3) is 0.385. The van der Waals surface area contributed by atoms with Crippen LogP contribution in [0.3, 0.4) is 0 Å². The van der Waals surface area contributed by atoms with E-state index in [1.807, 2.05) is 25.1 Å². The van der Waals surface area contributed by atoms with Gasteiger partial charge in [0.15, 0.2) is 0 Å². The largest absolute Gasteiger partial charge is 0.463 e. The lowest BCUT2D eigenvalue weighted by Gasteiger charge is -2.08. The molecule has 0 atom stereocenters. The highest BCUT2D eigenvalue weighted by Crippen LogP contribution is 2.11. The summed E-state index contributed by atoms with van der Waals surface area (Å²) in [6.07, 6.45) is 2.65. The minimum atomic E-state index is 0.315. The molecule has 0 saturated carbocycles. The molecule has 0 aromatic carbocycles. The zero-order valence-electron chi connectivity index (χ0n) is 11.6. The maximum atomic E-state index is 5.43. The van der Waals surface area contributed by atoms with Crippen molar-refractivity contribution in [3.8, 4) is 6.01 Å². The lowest BCUT2D eigenvalue weighted by Crippen LogP contribution is -2.10. The molecule has 0 aliphatic carbocycles. The van der Waals surface area contributed by atoms with Gasteiger partial charge in [-0.05, 0) is 18.6 Å². The van der Waals surface area contributed by atoms with E-state index < -0.39 is 0 Å². The Hall–Kier alpha value is -2.44. The topological polar surface area (TPSA) is 84.9 Å². The number of ether oxygens (including phenoxy) is 1. The standard InChI is InChI=1S/C13H18N6O/c1-3-8-20-13-18-11(14-2)17-12(19-13)16-9-10-6-4-5-7-15-10/h4-7H,3,8-9H2,1-2H3,(H2,14,16,17,18,19). The van der Waals surface area contributed by atoms with Crippen LogP contribution in [0.15, 0.2) is 24.4 Å². The number of hydrogen-bond donors (Lipinski definition) is 2. The van der Waals surface area contributed by atoms with E-state index in [0.717, 1.165) is 12.1 Å². The number of nitrogens with one attached hydrogen (secondary N) is 2. The average molecular weight is 274 g/mol. The Bertz CT molecular complexity index is 534. The van der Waals surface area contributed by atoms with Crippen LogP contribution in [0.1, 0.15) is 19.0 Å². The van der Waals surface area contributed by atoms with Gasteiger partial charge < -0.3 is 15.4 Å². The molecule has 0 fully saturated rings. The molecular weight excluding hydrogens is 256 g/mol. The Morgan fingerprint density at radius 3 is 2.70 bits per heavy atom. The van der Waals surface area contributed by atoms with Crippen LogP contribution in [0.4, 0.5) is 11.9 Å². The summed E-state index contributed by atoms with van der Waals surface area (Å²) in [6.45, 7) is 3.15. The van der Waals surface area contributed by atoms with Gasteiger partial charge in [-0.25, -0.2) is 0 Å². The van der Waals surface area contributed by atoms with Crippen LogP contribution >= 0.6 is 0 Å². The Labute approximate surface area is 117 Å². The molecule has 2 aromatic heterocycles. The maximum absolute atomic E-state index is 5.43. The van der Waals surface area contributed by atoms with Crippen LogP contribution < -0.4 is 15.4 Å². The molecule has 2 aromatic rings. The minimum Gasteiger partial charge on any atom is -0.463 e. The summed E-state index contributed by atoms with van der Waals surface area (Å²) in [5, 5.41) is 5.99. The van der Waals surface area contributed by atoms with Crippen LogP contribution in [0.2, 0.25) is 0 Å². The van der Waals surface area contributed by atoms with Crippen molar-refractivity contribution >= 4 is 11.9 Å². The van der Waals surface area contributed by atoms with E-state index in [1.54, 1.807) is 13.2 Å². The fourth-order valence-electron chi connectivity index (χ4n) is 1.48. The molecule has 0 unspecified atom stereocenters. The van der Waals surface area contributed by atoms with Crippen molar-refractivity contribution in [2.45, 2.75) is 19.9 Å². The van der Waals surface area contributed by atoms with E-state index in [2.05, 4.69) is 30.6 Å². The molecule has 106 valence electrons. The van der Waals surface area contributed by atoms with E-state index >= 15 is 0 Å². The molecule has 7 heteroatoms. The highest BCUT2D eigenvalue weighted by atomic mass is 16.5. The van der Waals surface area contributed by atoms with Crippen molar-refractivity contribution in [2.24, 2.45) is 0 Å². The molecule has 0 amide bonds. The molecule has 0 saturated heterocycles. The first-order chi connectivity index (χ1) is 9.81. The van der Waals surface area contributed by atoms with Gasteiger partial charge in [-0.15, -0.1) is 0 Å². The molecular formula is C13H18N6O. The van der Waals surface area contributed by atoms with Crippen molar-refractivity contribution in [2.75, 3.05) is 24.3 Å². The van der Waals surface area contributed by atoms with E-state index in [-0.39, 0.29) is 0 Å². The molecule has 0 spiro atoms. The van der Waals surface area contributed by atoms with Crippen LogP contribution in [0.25, 0.3) is 0 Å². The smallest absolute Gasteiger partial charge is 0.323 e. The second-order valence-corrected chi connectivity index (χ2v) is 4.04. The third-order valence-corrected chi connectivity index (χ3v) is 2.43. The maximum Gasteiger partial charge on any atom is 0.323 e. The average Bonchev–Trinajstić information content (AvgIpc) is 2.51. The summed E-state index contributed by atoms with van der Waals surface area (Å²) in [5.41, 5.74) is 0.912. The highest BCUT2D eigenvalue weighted by molar-refractivity contribution is 5.35. The molecule has 0 aliphatic rings. The van der Waals surface area contributed by atoms with Gasteiger partial charge >= 0.3 is 6.01 Å². The Balaban J connectivity index is 2.06. The van der Waals surface area contributed by atoms with Crippen LogP contribution in [0, 0.1) is 0 Å². The third-order valence-electron chi connectivity index (χ3n) is 2.43. The normalized spacial score (nSPS) is 10.1. The predicted octanol–water partition coefficient (Wildman–Crippen LogP) is 1.71. The number of hydrogen-bond acceptors (Lipinski definition) is 7. The number of rotatable bonds is 7. The zero-order valence-corrected chi connectivity index (χ0v) is 11.6. The van der Waals surface area contributed by atoms with Gasteiger partial charge in [0.2, 0.25) is 11.9 Å². The zero-order chi connectivity index (χ0) is 14.2. The third kappa shape index (κ3) is 4.04. The van der Waals surface area contributed by atoms with E-state index in [0.29, 0.717) is 31.1 Å². The summed E-state index contributed by atoms with van der Waals surface area (Å²) in [5.74, 6) is 0.927. The van der Waals surface area contributed by atoms with Crippen molar-refractivity contribution in [1.29, 1.82) is 0 Å². The highest BCUT2D eigenvalue weighted by Gasteiger charge is 2.06. The van der Waals surface area contributed by atoms with Gasteiger partial charge in [0.1, 0.15) is 0 Å². The van der Waals surface area contributed by atoms with E-state index in [4.69, 9.17) is 4.74 Å². The van der Waals surface area contributed by atoms with Crippen molar-refractivity contribution in [1.82, 2.24) is 19.9 Å². The van der Waals surface area contributed by atoms with Gasteiger partial charge in [0.05, 0.1) is 18.8 Å². The first-order valence-electron chi connectivity index (χ1n) is 6.52. The molecule has 0 aliphatic heterocycles. The Morgan fingerprint density at radius 1 is 1.15 bits per heavy atom. The van der Waals surface area contributed by atoms with Crippen molar-refractivity contribution < 1.29 is 4.74 Å². The van der Waals surface area contributed by atoms with Gasteiger partial charge in [0, 0.05) is 13.2 Å². The molecule has 0 bridgehead atoms. The molecule has 2 rings (SSSR count). The number of nitrogens with zero attached hydrogens (tertiary/aromatic N) is 4. The van der Waals surface area contributed by atoms with Crippen molar-refractivity contribution in [3.63, 3.8) is 0 Å². The Kier molecular flexibility index (Phi) is 5.05. The second-order valence-electron chi connectivity index (χ2n) is 4.04. The molecule has 0 radical (unpaired) electrons. The Morgan fingerprint density at radius 2 is 2.00 bits per heavy atom. The minimum absolute atomic E-state index is 0.315. The van der Waals surface area contributed by atoms with E-state index in [1.165, 1.54) is 0 Å². The number of anilines is 2. The summed E-state index contributed by atoms with van der Waals surface area (Å²) in [7, 11) is 1.75. The molecule has 7 nitrogen and oxygen atoms in total. The van der Waals surface area contributed by atoms with Crippen LogP contribution in [-0.2, 0) is 6.54 Å². The number of aromatic nitrogens is 4. The van der Waals surface area contributed by atoms with Crippen LogP contribution in [-0.4, -0.2) is 33.6 Å². The van der Waals surface area contributed by atoms with Crippen molar-refractivity contribution in [3.05, 3.63) is 30.1 Å². The van der Waals surface area contributed by atoms with E-state index in [9.17, 15) is 0 Å². The summed E-state index contributed by atoms with van der Waals surface area (Å²) >= 11 is 0.